The fourth-order valence-corrected chi connectivity index (χ4v) is 2.65. The number of nitrogens with one attached hydrogen (secondary N) is 1. The van der Waals surface area contributed by atoms with Crippen molar-refractivity contribution in [1.29, 1.82) is 0 Å². The van der Waals surface area contributed by atoms with E-state index in [9.17, 15) is 9.18 Å². The van der Waals surface area contributed by atoms with Crippen molar-refractivity contribution in [2.24, 2.45) is 0 Å². The van der Waals surface area contributed by atoms with E-state index in [1.807, 2.05) is 0 Å². The van der Waals surface area contributed by atoms with E-state index in [0.29, 0.717) is 5.75 Å². The molecular formula is C13H14FNO2. The summed E-state index contributed by atoms with van der Waals surface area (Å²) in [5.41, 5.74) is -0.590. The van der Waals surface area contributed by atoms with Gasteiger partial charge in [-0.2, -0.15) is 0 Å². The Hall–Kier alpha value is -1.58. The van der Waals surface area contributed by atoms with Crippen molar-refractivity contribution in [2.45, 2.75) is 37.7 Å². The Morgan fingerprint density at radius 2 is 2.00 bits per heavy atom. The molecule has 0 aromatic heterocycles. The molecule has 0 bridgehead atoms. The molecule has 1 saturated carbocycles. The lowest BCUT2D eigenvalue weighted by Gasteiger charge is -2.39. The summed E-state index contributed by atoms with van der Waals surface area (Å²) < 4.78 is 19.3. The van der Waals surface area contributed by atoms with Crippen molar-refractivity contribution >= 4 is 11.6 Å². The molecular weight excluding hydrogens is 221 g/mol. The van der Waals surface area contributed by atoms with E-state index in [2.05, 4.69) is 5.32 Å². The van der Waals surface area contributed by atoms with Crippen LogP contribution in [0.3, 0.4) is 0 Å². The van der Waals surface area contributed by atoms with Gasteiger partial charge in [0.05, 0.1) is 0 Å². The predicted octanol–water partition coefficient (Wildman–Crippen LogP) is 2.86. The van der Waals surface area contributed by atoms with Crippen molar-refractivity contribution in [3.05, 3.63) is 24.0 Å². The largest absolute Gasteiger partial charge is 0.475 e. The minimum absolute atomic E-state index is 0.175. The molecule has 4 heteroatoms. The number of anilines is 1. The van der Waals surface area contributed by atoms with Crippen LogP contribution in [0.4, 0.5) is 10.1 Å². The molecule has 0 unspecified atom stereocenters. The first-order valence-electron chi connectivity index (χ1n) is 6.00. The van der Waals surface area contributed by atoms with E-state index in [0.717, 1.165) is 32.1 Å². The summed E-state index contributed by atoms with van der Waals surface area (Å²) in [7, 11) is 0. The van der Waals surface area contributed by atoms with Gasteiger partial charge in [-0.05, 0) is 37.8 Å². The summed E-state index contributed by atoms with van der Waals surface area (Å²) in [5, 5.41) is 2.65. The van der Waals surface area contributed by atoms with Gasteiger partial charge >= 0.3 is 0 Å². The summed E-state index contributed by atoms with van der Waals surface area (Å²) in [6.45, 7) is 0. The molecule has 1 aliphatic heterocycles. The van der Waals surface area contributed by atoms with Crippen LogP contribution in [0.5, 0.6) is 5.75 Å². The van der Waals surface area contributed by atoms with Gasteiger partial charge in [0.25, 0.3) is 5.91 Å². The molecule has 1 amide bonds. The molecule has 0 atom stereocenters. The van der Waals surface area contributed by atoms with Crippen molar-refractivity contribution in [2.75, 3.05) is 5.32 Å². The molecule has 1 aromatic rings. The lowest BCUT2D eigenvalue weighted by Crippen LogP contribution is -2.52. The Balaban J connectivity index is 2.00. The molecule has 3 nitrogen and oxygen atoms in total. The number of rotatable bonds is 0. The molecule has 90 valence electrons. The lowest BCUT2D eigenvalue weighted by molar-refractivity contribution is -0.135. The quantitative estimate of drug-likeness (QED) is 0.750. The number of hydrogen-bond acceptors (Lipinski definition) is 2. The van der Waals surface area contributed by atoms with Crippen LogP contribution in [0.15, 0.2) is 18.2 Å². The Kier molecular flexibility index (Phi) is 2.31. The summed E-state index contributed by atoms with van der Waals surface area (Å²) in [6, 6.07) is 4.62. The van der Waals surface area contributed by atoms with E-state index >= 15 is 0 Å². The third kappa shape index (κ3) is 1.59. The smallest absolute Gasteiger partial charge is 0.268 e. The van der Waals surface area contributed by atoms with Crippen LogP contribution >= 0.6 is 0 Å². The number of hydrogen-bond donors (Lipinski definition) is 1. The second kappa shape index (κ2) is 3.72. The first kappa shape index (κ1) is 10.6. The van der Waals surface area contributed by atoms with E-state index in [4.69, 9.17) is 4.74 Å². The highest BCUT2D eigenvalue weighted by atomic mass is 19.1. The predicted molar refractivity (Wildman–Crippen MR) is 61.5 cm³/mol. The third-order valence-electron chi connectivity index (χ3n) is 3.59. The van der Waals surface area contributed by atoms with Gasteiger partial charge in [0.15, 0.2) is 11.4 Å². The van der Waals surface area contributed by atoms with Crippen LogP contribution in [-0.4, -0.2) is 11.5 Å². The average Bonchev–Trinajstić information content (AvgIpc) is 2.33. The van der Waals surface area contributed by atoms with Crippen LogP contribution in [0.25, 0.3) is 0 Å². The SMILES string of the molecule is O=C1Nc2c(F)cccc2OC12CCCCC2. The van der Waals surface area contributed by atoms with Crippen LogP contribution in [-0.2, 0) is 4.79 Å². The van der Waals surface area contributed by atoms with Gasteiger partial charge in [-0.1, -0.05) is 12.5 Å². The number of benzene rings is 1. The first-order chi connectivity index (χ1) is 8.21. The summed E-state index contributed by atoms with van der Waals surface area (Å²) in [4.78, 5) is 12.1. The van der Waals surface area contributed by atoms with Gasteiger partial charge < -0.3 is 10.1 Å². The van der Waals surface area contributed by atoms with E-state index < -0.39 is 11.4 Å². The Bertz CT molecular complexity index is 466. The van der Waals surface area contributed by atoms with Gasteiger partial charge in [0.1, 0.15) is 11.4 Å². The number of para-hydroxylation sites is 1. The minimum atomic E-state index is -0.765. The molecule has 1 fully saturated rings. The topological polar surface area (TPSA) is 38.3 Å². The first-order valence-corrected chi connectivity index (χ1v) is 6.00. The zero-order valence-electron chi connectivity index (χ0n) is 9.46. The third-order valence-corrected chi connectivity index (χ3v) is 3.59. The number of ether oxygens (including phenoxy) is 1. The molecule has 0 saturated heterocycles. The highest BCUT2D eigenvalue weighted by Crippen LogP contribution is 2.41. The van der Waals surface area contributed by atoms with Gasteiger partial charge in [-0.3, -0.25) is 4.79 Å². The van der Waals surface area contributed by atoms with Crippen molar-refractivity contribution in [3.63, 3.8) is 0 Å². The minimum Gasteiger partial charge on any atom is -0.475 e. The number of fused-ring (bicyclic) bond motifs is 1. The average molecular weight is 235 g/mol. The molecule has 1 aliphatic carbocycles. The number of halogens is 1. The Morgan fingerprint density at radius 1 is 1.24 bits per heavy atom. The van der Waals surface area contributed by atoms with E-state index in [1.165, 1.54) is 6.07 Å². The highest BCUT2D eigenvalue weighted by Gasteiger charge is 2.45. The van der Waals surface area contributed by atoms with Crippen molar-refractivity contribution in [1.82, 2.24) is 0 Å². The second-order valence-electron chi connectivity index (χ2n) is 4.72. The number of carbonyl (C=O) groups excluding carboxylic acids is 1. The van der Waals surface area contributed by atoms with E-state index in [1.54, 1.807) is 12.1 Å². The van der Waals surface area contributed by atoms with Crippen LogP contribution in [0.1, 0.15) is 32.1 Å². The fraction of sp³-hybridized carbons (Fsp3) is 0.462. The molecule has 0 radical (unpaired) electrons. The zero-order valence-corrected chi connectivity index (χ0v) is 9.46. The summed E-state index contributed by atoms with van der Waals surface area (Å²) in [6.07, 6.45) is 4.54. The van der Waals surface area contributed by atoms with E-state index in [-0.39, 0.29) is 11.6 Å². The molecule has 1 spiro atoms. The molecule has 1 aromatic carbocycles. The van der Waals surface area contributed by atoms with Gasteiger partial charge in [0.2, 0.25) is 0 Å². The second-order valence-corrected chi connectivity index (χ2v) is 4.72. The van der Waals surface area contributed by atoms with Crippen LogP contribution < -0.4 is 10.1 Å². The molecule has 1 heterocycles. The van der Waals surface area contributed by atoms with Gasteiger partial charge in [0, 0.05) is 0 Å². The molecule has 2 aliphatic rings. The maximum Gasteiger partial charge on any atom is 0.268 e. The molecule has 1 N–H and O–H groups in total. The number of amides is 1. The standard InChI is InChI=1S/C13H14FNO2/c14-9-5-4-6-10-11(9)15-12(16)13(17-10)7-2-1-3-8-13/h4-6H,1-3,7-8H2,(H,15,16). The molecule has 17 heavy (non-hydrogen) atoms. The van der Waals surface area contributed by atoms with Gasteiger partial charge in [-0.25, -0.2) is 4.39 Å². The maximum atomic E-state index is 13.5. The lowest BCUT2D eigenvalue weighted by atomic mass is 9.83. The van der Waals surface area contributed by atoms with Crippen LogP contribution in [0, 0.1) is 5.82 Å². The Labute approximate surface area is 99.0 Å². The Morgan fingerprint density at radius 3 is 2.76 bits per heavy atom. The van der Waals surface area contributed by atoms with Crippen LogP contribution in [0.2, 0.25) is 0 Å². The summed E-state index contributed by atoms with van der Waals surface area (Å²) in [5.74, 6) is -0.192. The van der Waals surface area contributed by atoms with Crippen molar-refractivity contribution in [3.8, 4) is 5.75 Å². The molecule has 3 rings (SSSR count). The highest BCUT2D eigenvalue weighted by molar-refractivity contribution is 6.00. The van der Waals surface area contributed by atoms with Crippen molar-refractivity contribution < 1.29 is 13.9 Å². The normalized spacial score (nSPS) is 21.6. The van der Waals surface area contributed by atoms with Gasteiger partial charge in [-0.15, -0.1) is 0 Å². The fourth-order valence-electron chi connectivity index (χ4n) is 2.65. The monoisotopic (exact) mass is 235 g/mol. The number of carbonyl (C=O) groups is 1. The summed E-state index contributed by atoms with van der Waals surface area (Å²) >= 11 is 0. The maximum absolute atomic E-state index is 13.5. The zero-order chi connectivity index (χ0) is 11.9.